The van der Waals surface area contributed by atoms with Gasteiger partial charge in [-0.25, -0.2) is 18.2 Å². The fourth-order valence-electron chi connectivity index (χ4n) is 2.73. The molecule has 0 bridgehead atoms. The van der Waals surface area contributed by atoms with Gasteiger partial charge < -0.3 is 0 Å². The predicted molar refractivity (Wildman–Crippen MR) is 120 cm³/mol. The summed E-state index contributed by atoms with van der Waals surface area (Å²) in [6, 6.07) is 20.9. The minimum absolute atomic E-state index is 0.0142. The second kappa shape index (κ2) is 10.4. The Labute approximate surface area is 188 Å². The van der Waals surface area contributed by atoms with Crippen LogP contribution < -0.4 is 5.43 Å². The van der Waals surface area contributed by atoms with Gasteiger partial charge in [0, 0.05) is 11.0 Å². The number of hydrazone groups is 1. The van der Waals surface area contributed by atoms with Crippen molar-refractivity contribution in [3.63, 3.8) is 0 Å². The number of benzene rings is 3. The Kier molecular flexibility index (Phi) is 7.67. The van der Waals surface area contributed by atoms with E-state index in [4.69, 9.17) is 0 Å². The Bertz CT molecular complexity index is 1170. The van der Waals surface area contributed by atoms with Crippen LogP contribution in [0.4, 0.5) is 4.39 Å². The molecule has 0 spiro atoms. The van der Waals surface area contributed by atoms with Gasteiger partial charge in [-0.3, -0.25) is 4.79 Å². The summed E-state index contributed by atoms with van der Waals surface area (Å²) in [5, 5.41) is 3.79. The van der Waals surface area contributed by atoms with E-state index in [1.807, 2.05) is 6.07 Å². The number of carbonyl (C=O) groups excluding carboxylic acids is 1. The zero-order valence-electron chi connectivity index (χ0n) is 16.3. The van der Waals surface area contributed by atoms with Gasteiger partial charge >= 0.3 is 0 Å². The van der Waals surface area contributed by atoms with Crippen LogP contribution in [0.3, 0.4) is 0 Å². The topological polar surface area (TPSA) is 78.8 Å². The highest BCUT2D eigenvalue weighted by Crippen LogP contribution is 2.20. The summed E-state index contributed by atoms with van der Waals surface area (Å²) in [6.07, 6.45) is 1.28. The molecule has 1 amide bonds. The van der Waals surface area contributed by atoms with Gasteiger partial charge in [0.15, 0.2) is 0 Å². The minimum Gasteiger partial charge on any atom is -0.272 e. The predicted octanol–water partition coefficient (Wildman–Crippen LogP) is 3.93. The number of hydrogen-bond donors (Lipinski definition) is 1. The third kappa shape index (κ3) is 6.55. The summed E-state index contributed by atoms with van der Waals surface area (Å²) >= 11 is 3.28. The van der Waals surface area contributed by atoms with E-state index in [2.05, 4.69) is 26.5 Å². The Morgan fingerprint density at radius 3 is 2.42 bits per heavy atom. The van der Waals surface area contributed by atoms with Crippen LogP contribution in [0.5, 0.6) is 0 Å². The number of halogens is 2. The molecule has 0 atom stereocenters. The van der Waals surface area contributed by atoms with E-state index in [1.54, 1.807) is 42.5 Å². The summed E-state index contributed by atoms with van der Waals surface area (Å²) < 4.78 is 41.4. The minimum atomic E-state index is -3.94. The molecule has 0 unspecified atom stereocenters. The molecule has 9 heteroatoms. The summed E-state index contributed by atoms with van der Waals surface area (Å²) in [7, 11) is -3.94. The lowest BCUT2D eigenvalue weighted by molar-refractivity contribution is -0.121. The molecule has 31 heavy (non-hydrogen) atoms. The standard InChI is InChI=1S/C22H19BrFN3O3S/c23-19-9-11-21(12-10-19)31(29,30)27(15-17-5-2-1-3-6-17)16-22(28)26-25-14-18-7-4-8-20(24)13-18/h1-14H,15-16H2,(H,26,28)/b25-14-. The van der Waals surface area contributed by atoms with Gasteiger partial charge in [0.05, 0.1) is 17.7 Å². The first kappa shape index (κ1) is 22.8. The molecule has 0 fully saturated rings. The molecule has 1 N–H and O–H groups in total. The fraction of sp³-hybridized carbons (Fsp3) is 0.0909. The van der Waals surface area contributed by atoms with E-state index >= 15 is 0 Å². The lowest BCUT2D eigenvalue weighted by Gasteiger charge is -2.21. The molecule has 0 aliphatic rings. The van der Waals surface area contributed by atoms with Crippen LogP contribution in [0.25, 0.3) is 0 Å². The van der Waals surface area contributed by atoms with E-state index < -0.39 is 28.3 Å². The highest BCUT2D eigenvalue weighted by Gasteiger charge is 2.26. The number of sulfonamides is 1. The molecule has 3 aromatic carbocycles. The second-order valence-corrected chi connectivity index (χ2v) is 9.41. The van der Waals surface area contributed by atoms with Gasteiger partial charge in [0.25, 0.3) is 5.91 Å². The molecule has 0 saturated carbocycles. The molecule has 0 radical (unpaired) electrons. The van der Waals surface area contributed by atoms with Crippen molar-refractivity contribution in [2.45, 2.75) is 11.4 Å². The van der Waals surface area contributed by atoms with E-state index in [0.717, 1.165) is 14.3 Å². The highest BCUT2D eigenvalue weighted by atomic mass is 79.9. The zero-order chi connectivity index (χ0) is 22.3. The van der Waals surface area contributed by atoms with Crippen LogP contribution in [-0.4, -0.2) is 31.4 Å². The summed E-state index contributed by atoms with van der Waals surface area (Å²) in [5.41, 5.74) is 3.49. The average Bonchev–Trinajstić information content (AvgIpc) is 2.74. The molecule has 0 aliphatic carbocycles. The van der Waals surface area contributed by atoms with Gasteiger partial charge in [-0.1, -0.05) is 58.4 Å². The van der Waals surface area contributed by atoms with Gasteiger partial charge in [0.1, 0.15) is 5.82 Å². The van der Waals surface area contributed by atoms with Gasteiger partial charge in [-0.15, -0.1) is 0 Å². The molecule has 160 valence electrons. The maximum absolute atomic E-state index is 13.2. The van der Waals surface area contributed by atoms with E-state index in [0.29, 0.717) is 5.56 Å². The molecule has 6 nitrogen and oxygen atoms in total. The van der Waals surface area contributed by atoms with Gasteiger partial charge in [0.2, 0.25) is 10.0 Å². The van der Waals surface area contributed by atoms with Crippen molar-refractivity contribution in [3.8, 4) is 0 Å². The van der Waals surface area contributed by atoms with Crippen LogP contribution in [0.1, 0.15) is 11.1 Å². The first-order valence-electron chi connectivity index (χ1n) is 9.22. The zero-order valence-corrected chi connectivity index (χ0v) is 18.7. The van der Waals surface area contributed by atoms with Crippen LogP contribution in [0.2, 0.25) is 0 Å². The lowest BCUT2D eigenvalue weighted by atomic mass is 10.2. The quantitative estimate of drug-likeness (QED) is 0.373. The van der Waals surface area contributed by atoms with Crippen LogP contribution in [0.15, 0.2) is 93.3 Å². The van der Waals surface area contributed by atoms with Crippen LogP contribution in [-0.2, 0) is 21.4 Å². The summed E-state index contributed by atoms with van der Waals surface area (Å²) in [4.78, 5) is 12.5. The molecule has 0 heterocycles. The maximum atomic E-state index is 13.2. The Hall–Kier alpha value is -2.88. The fourth-order valence-corrected chi connectivity index (χ4v) is 4.38. The van der Waals surface area contributed by atoms with Crippen molar-refractivity contribution in [1.29, 1.82) is 0 Å². The molecular weight excluding hydrogens is 485 g/mol. The number of hydrogen-bond acceptors (Lipinski definition) is 4. The molecule has 0 aromatic heterocycles. The summed E-state index contributed by atoms with van der Waals surface area (Å²) in [5.74, 6) is -1.05. The van der Waals surface area contributed by atoms with Crippen molar-refractivity contribution in [1.82, 2.24) is 9.73 Å². The van der Waals surface area contributed by atoms with E-state index in [1.165, 1.54) is 36.5 Å². The Morgan fingerprint density at radius 1 is 1.03 bits per heavy atom. The SMILES string of the molecule is O=C(CN(Cc1ccccc1)S(=O)(=O)c1ccc(Br)cc1)N/N=C\c1cccc(F)c1. The second-order valence-electron chi connectivity index (χ2n) is 6.56. The normalized spacial score (nSPS) is 11.7. The number of carbonyl (C=O) groups is 1. The third-order valence-corrected chi connectivity index (χ3v) is 6.56. The van der Waals surface area contributed by atoms with Gasteiger partial charge in [-0.2, -0.15) is 9.41 Å². The Morgan fingerprint density at radius 2 is 1.74 bits per heavy atom. The van der Waals surface area contributed by atoms with Crippen molar-refractivity contribution in [2.24, 2.45) is 5.10 Å². The molecule has 0 aliphatic heterocycles. The van der Waals surface area contributed by atoms with Crippen molar-refractivity contribution < 1.29 is 17.6 Å². The molecular formula is C22H19BrFN3O3S. The van der Waals surface area contributed by atoms with Gasteiger partial charge in [-0.05, 0) is 47.5 Å². The first-order chi connectivity index (χ1) is 14.8. The number of rotatable bonds is 8. The van der Waals surface area contributed by atoms with Crippen LogP contribution in [0, 0.1) is 5.82 Å². The van der Waals surface area contributed by atoms with Crippen molar-refractivity contribution in [2.75, 3.05) is 6.54 Å². The summed E-state index contributed by atoms with van der Waals surface area (Å²) in [6.45, 7) is -0.423. The first-order valence-corrected chi connectivity index (χ1v) is 11.4. The van der Waals surface area contributed by atoms with Crippen LogP contribution >= 0.6 is 15.9 Å². The number of nitrogens with zero attached hydrogens (tertiary/aromatic N) is 2. The lowest BCUT2D eigenvalue weighted by Crippen LogP contribution is -2.39. The molecule has 0 saturated heterocycles. The average molecular weight is 504 g/mol. The number of amides is 1. The third-order valence-electron chi connectivity index (χ3n) is 4.22. The monoisotopic (exact) mass is 503 g/mol. The number of nitrogens with one attached hydrogen (secondary N) is 1. The van der Waals surface area contributed by atoms with Crippen molar-refractivity contribution in [3.05, 3.63) is 100 Å². The molecule has 3 rings (SSSR count). The van der Waals surface area contributed by atoms with E-state index in [-0.39, 0.29) is 11.4 Å². The van der Waals surface area contributed by atoms with E-state index in [9.17, 15) is 17.6 Å². The largest absolute Gasteiger partial charge is 0.272 e. The highest BCUT2D eigenvalue weighted by molar-refractivity contribution is 9.10. The molecule has 3 aromatic rings. The maximum Gasteiger partial charge on any atom is 0.255 e. The smallest absolute Gasteiger partial charge is 0.255 e. The Balaban J connectivity index is 1.77. The van der Waals surface area contributed by atoms with Crippen molar-refractivity contribution >= 4 is 38.1 Å².